The van der Waals surface area contributed by atoms with E-state index in [0.29, 0.717) is 11.5 Å². The fraction of sp³-hybridized carbons (Fsp3) is 0.333. The van der Waals surface area contributed by atoms with Gasteiger partial charge in [0, 0.05) is 29.0 Å². The van der Waals surface area contributed by atoms with Gasteiger partial charge in [0.1, 0.15) is 5.52 Å². The number of hydrogen-bond acceptors (Lipinski definition) is 4. The van der Waals surface area contributed by atoms with E-state index in [1.54, 1.807) is 0 Å². The molecule has 0 aliphatic heterocycles. The van der Waals surface area contributed by atoms with E-state index in [1.165, 1.54) is 0 Å². The molecular weight excluding hydrogens is 406 g/mol. The number of halogens is 1. The Hall–Kier alpha value is -2.34. The highest BCUT2D eigenvalue weighted by Crippen LogP contribution is 2.35. The van der Waals surface area contributed by atoms with Crippen molar-refractivity contribution in [3.8, 4) is 11.5 Å². The first-order valence-corrected chi connectivity index (χ1v) is 9.85. The van der Waals surface area contributed by atoms with Gasteiger partial charge < -0.3 is 14.0 Å². The maximum Gasteiger partial charge on any atom is 0.163 e. The lowest BCUT2D eigenvalue weighted by Crippen LogP contribution is -2.11. The van der Waals surface area contributed by atoms with Gasteiger partial charge in [0.15, 0.2) is 17.1 Å². The van der Waals surface area contributed by atoms with Crippen molar-refractivity contribution in [2.45, 2.75) is 39.9 Å². The number of fused-ring (bicyclic) bond motifs is 4. The van der Waals surface area contributed by atoms with Crippen molar-refractivity contribution in [3.05, 3.63) is 34.8 Å². The van der Waals surface area contributed by atoms with E-state index in [4.69, 9.17) is 19.4 Å². The lowest BCUT2D eigenvalue weighted by Gasteiger charge is -2.17. The van der Waals surface area contributed by atoms with Crippen LogP contribution in [0.4, 0.5) is 0 Å². The van der Waals surface area contributed by atoms with Crippen molar-refractivity contribution < 1.29 is 9.47 Å². The van der Waals surface area contributed by atoms with Crippen LogP contribution in [0.1, 0.15) is 27.7 Å². The summed E-state index contributed by atoms with van der Waals surface area (Å²) in [7, 11) is 2.01. The number of rotatable bonds is 4. The van der Waals surface area contributed by atoms with Crippen LogP contribution in [0.15, 0.2) is 34.8 Å². The molecule has 0 unspecified atom stereocenters. The number of ether oxygens (including phenoxy) is 2. The first-order chi connectivity index (χ1) is 12.8. The summed E-state index contributed by atoms with van der Waals surface area (Å²) >= 11 is 3.55. The zero-order valence-electron chi connectivity index (χ0n) is 16.1. The maximum atomic E-state index is 5.97. The third-order valence-electron chi connectivity index (χ3n) is 4.33. The van der Waals surface area contributed by atoms with E-state index in [-0.39, 0.29) is 12.2 Å². The molecule has 0 amide bonds. The third kappa shape index (κ3) is 3.23. The summed E-state index contributed by atoms with van der Waals surface area (Å²) in [5.41, 5.74) is 4.42. The summed E-state index contributed by atoms with van der Waals surface area (Å²) in [6.45, 7) is 8.00. The number of aryl methyl sites for hydroxylation is 1. The Kier molecular flexibility index (Phi) is 4.46. The third-order valence-corrected chi connectivity index (χ3v) is 4.82. The molecule has 4 aromatic rings. The molecule has 140 valence electrons. The van der Waals surface area contributed by atoms with Gasteiger partial charge in [0.25, 0.3) is 0 Å². The maximum absolute atomic E-state index is 5.97. The van der Waals surface area contributed by atoms with Gasteiger partial charge in [-0.3, -0.25) is 0 Å². The predicted octanol–water partition coefficient (Wildman–Crippen LogP) is 5.61. The highest BCUT2D eigenvalue weighted by Gasteiger charge is 2.16. The summed E-state index contributed by atoms with van der Waals surface area (Å²) in [6.07, 6.45) is 0.0887. The molecule has 6 heteroatoms. The first kappa shape index (κ1) is 18.0. The minimum absolute atomic E-state index is 0.0437. The molecule has 2 aromatic heterocycles. The number of hydrogen-bond donors (Lipinski definition) is 0. The molecule has 5 nitrogen and oxygen atoms in total. The van der Waals surface area contributed by atoms with Crippen LogP contribution in [0.25, 0.3) is 33.1 Å². The molecule has 0 fully saturated rings. The molecule has 0 bridgehead atoms. The van der Waals surface area contributed by atoms with Crippen molar-refractivity contribution in [2.24, 2.45) is 7.05 Å². The van der Waals surface area contributed by atoms with Gasteiger partial charge in [-0.1, -0.05) is 15.9 Å². The first-order valence-electron chi connectivity index (χ1n) is 9.06. The summed E-state index contributed by atoms with van der Waals surface area (Å²) in [5.74, 6) is 1.39. The Morgan fingerprint density at radius 1 is 0.889 bits per heavy atom. The monoisotopic (exact) mass is 427 g/mol. The van der Waals surface area contributed by atoms with Crippen LogP contribution in [0.2, 0.25) is 0 Å². The lowest BCUT2D eigenvalue weighted by atomic mass is 10.2. The normalized spacial score (nSPS) is 12.0. The fourth-order valence-electron chi connectivity index (χ4n) is 3.27. The fourth-order valence-corrected chi connectivity index (χ4v) is 3.63. The average molecular weight is 428 g/mol. The molecule has 0 saturated carbocycles. The summed E-state index contributed by atoms with van der Waals surface area (Å²) in [5, 5.41) is 1.07. The molecule has 0 saturated heterocycles. The van der Waals surface area contributed by atoms with Gasteiger partial charge in [0.05, 0.1) is 28.8 Å². The Morgan fingerprint density at radius 3 is 2.07 bits per heavy atom. The molecule has 0 radical (unpaired) electrons. The van der Waals surface area contributed by atoms with Crippen LogP contribution < -0.4 is 9.47 Å². The van der Waals surface area contributed by atoms with Gasteiger partial charge in [-0.2, -0.15) is 0 Å². The van der Waals surface area contributed by atoms with E-state index in [2.05, 4.69) is 32.6 Å². The van der Waals surface area contributed by atoms with Crippen LogP contribution in [0.5, 0.6) is 11.5 Å². The molecule has 0 atom stereocenters. The van der Waals surface area contributed by atoms with E-state index < -0.39 is 0 Å². The summed E-state index contributed by atoms with van der Waals surface area (Å²) < 4.78 is 15.0. The topological polar surface area (TPSA) is 49.2 Å². The zero-order chi connectivity index (χ0) is 19.3. The second kappa shape index (κ2) is 6.68. The standard InChI is InChI=1S/C21H22BrN3O2/c1-11(2)26-18-9-15-16(10-19(18)27-12(3)4)24-21-20(23-15)14-8-13(22)6-7-17(14)25(21)5/h6-12H,1-5H3. The molecule has 0 aliphatic carbocycles. The number of benzene rings is 2. The van der Waals surface area contributed by atoms with Crippen LogP contribution in [-0.2, 0) is 7.05 Å². The van der Waals surface area contributed by atoms with Gasteiger partial charge >= 0.3 is 0 Å². The summed E-state index contributed by atoms with van der Waals surface area (Å²) in [6, 6.07) is 10.0. The Balaban J connectivity index is 2.02. The van der Waals surface area contributed by atoms with E-state index >= 15 is 0 Å². The highest BCUT2D eigenvalue weighted by atomic mass is 79.9. The second-order valence-electron chi connectivity index (χ2n) is 7.24. The Morgan fingerprint density at radius 2 is 1.48 bits per heavy atom. The van der Waals surface area contributed by atoms with Crippen molar-refractivity contribution in [3.63, 3.8) is 0 Å². The minimum atomic E-state index is 0.0437. The molecule has 2 aromatic carbocycles. The van der Waals surface area contributed by atoms with Crippen molar-refractivity contribution in [1.29, 1.82) is 0 Å². The van der Waals surface area contributed by atoms with Gasteiger partial charge in [-0.15, -0.1) is 0 Å². The SMILES string of the molecule is CC(C)Oc1cc2nc3c4cc(Br)ccc4n(C)c3nc2cc1OC(C)C. The predicted molar refractivity (Wildman–Crippen MR) is 113 cm³/mol. The quantitative estimate of drug-likeness (QED) is 0.424. The Bertz CT molecular complexity index is 1160. The van der Waals surface area contributed by atoms with Crippen molar-refractivity contribution >= 4 is 49.0 Å². The molecule has 0 N–H and O–H groups in total. The van der Waals surface area contributed by atoms with E-state index in [0.717, 1.165) is 37.6 Å². The van der Waals surface area contributed by atoms with Crippen LogP contribution in [-0.4, -0.2) is 26.7 Å². The van der Waals surface area contributed by atoms with Gasteiger partial charge in [-0.25, -0.2) is 9.97 Å². The van der Waals surface area contributed by atoms with Crippen molar-refractivity contribution in [2.75, 3.05) is 0 Å². The average Bonchev–Trinajstić information content (AvgIpc) is 2.84. The van der Waals surface area contributed by atoms with Crippen LogP contribution in [0, 0.1) is 0 Å². The van der Waals surface area contributed by atoms with Crippen LogP contribution in [0.3, 0.4) is 0 Å². The smallest absolute Gasteiger partial charge is 0.163 e. The van der Waals surface area contributed by atoms with E-state index in [1.807, 2.05) is 52.9 Å². The summed E-state index contributed by atoms with van der Waals surface area (Å²) in [4.78, 5) is 9.80. The molecule has 0 aliphatic rings. The molecule has 0 spiro atoms. The van der Waals surface area contributed by atoms with Gasteiger partial charge in [0.2, 0.25) is 0 Å². The van der Waals surface area contributed by atoms with Crippen molar-refractivity contribution in [1.82, 2.24) is 14.5 Å². The number of aromatic nitrogens is 3. The molecular formula is C21H22BrN3O2. The Labute approximate surface area is 166 Å². The second-order valence-corrected chi connectivity index (χ2v) is 8.15. The molecule has 27 heavy (non-hydrogen) atoms. The highest BCUT2D eigenvalue weighted by molar-refractivity contribution is 9.10. The molecule has 4 rings (SSSR count). The van der Waals surface area contributed by atoms with Gasteiger partial charge in [-0.05, 0) is 45.9 Å². The largest absolute Gasteiger partial charge is 0.487 e. The number of nitrogens with zero attached hydrogens (tertiary/aromatic N) is 3. The zero-order valence-corrected chi connectivity index (χ0v) is 17.7. The lowest BCUT2D eigenvalue weighted by molar-refractivity contribution is 0.199. The van der Waals surface area contributed by atoms with E-state index in [9.17, 15) is 0 Å². The molecule has 2 heterocycles. The van der Waals surface area contributed by atoms with Crippen LogP contribution >= 0.6 is 15.9 Å². The minimum Gasteiger partial charge on any atom is -0.487 e.